The van der Waals surface area contributed by atoms with Crippen LogP contribution in [0.5, 0.6) is 0 Å². The number of carbonyl (C=O) groups excluding carboxylic acids is 1. The van der Waals surface area contributed by atoms with E-state index in [4.69, 9.17) is 34.8 Å². The summed E-state index contributed by atoms with van der Waals surface area (Å²) in [5, 5.41) is 1.50. The van der Waals surface area contributed by atoms with Crippen molar-refractivity contribution in [2.45, 2.75) is 0 Å². The SMILES string of the molecule is CN1CCN(C(=O)/C=C/c2cc[c]c(Cl)c2-c2ccc(Cl)cc2Cl)CC1. The number of piperazine rings is 1. The largest absolute Gasteiger partial charge is 0.337 e. The molecule has 0 saturated carbocycles. The predicted octanol–water partition coefficient (Wildman–Crippen LogP) is 4.90. The fraction of sp³-hybridized carbons (Fsp3) is 0.250. The molecule has 1 fully saturated rings. The summed E-state index contributed by atoms with van der Waals surface area (Å²) >= 11 is 18.7. The number of carbonyl (C=O) groups is 1. The molecular formula is C20H18Cl3N2O. The Hall–Kier alpha value is -1.52. The molecular weight excluding hydrogens is 391 g/mol. The molecule has 1 radical (unpaired) electrons. The smallest absolute Gasteiger partial charge is 0.246 e. The van der Waals surface area contributed by atoms with Gasteiger partial charge in [-0.05, 0) is 30.8 Å². The second kappa shape index (κ2) is 8.45. The van der Waals surface area contributed by atoms with Crippen LogP contribution in [0.1, 0.15) is 5.56 Å². The average molecular weight is 409 g/mol. The molecule has 1 aliphatic heterocycles. The van der Waals surface area contributed by atoms with Crippen molar-refractivity contribution >= 4 is 46.8 Å². The number of nitrogens with zero attached hydrogens (tertiary/aromatic N) is 2. The first kappa shape index (κ1) is 19.2. The van der Waals surface area contributed by atoms with Crippen LogP contribution in [0.4, 0.5) is 0 Å². The van der Waals surface area contributed by atoms with Crippen LogP contribution in [-0.2, 0) is 4.79 Å². The van der Waals surface area contributed by atoms with Gasteiger partial charge in [0, 0.05) is 59.5 Å². The summed E-state index contributed by atoms with van der Waals surface area (Å²) in [7, 11) is 2.06. The van der Waals surface area contributed by atoms with Gasteiger partial charge in [-0.1, -0.05) is 53.0 Å². The maximum atomic E-state index is 12.5. The van der Waals surface area contributed by atoms with E-state index in [1.807, 2.05) is 17.0 Å². The second-order valence-corrected chi connectivity index (χ2v) is 7.43. The molecule has 6 heteroatoms. The summed E-state index contributed by atoms with van der Waals surface area (Å²) in [6, 6.07) is 11.8. The molecule has 0 atom stereocenters. The number of hydrogen-bond acceptors (Lipinski definition) is 2. The van der Waals surface area contributed by atoms with Gasteiger partial charge in [-0.15, -0.1) is 0 Å². The van der Waals surface area contributed by atoms with Crippen molar-refractivity contribution in [2.24, 2.45) is 0 Å². The summed E-state index contributed by atoms with van der Waals surface area (Å²) < 4.78 is 0. The van der Waals surface area contributed by atoms with Crippen LogP contribution < -0.4 is 0 Å². The Kier molecular flexibility index (Phi) is 6.25. The van der Waals surface area contributed by atoms with Crippen molar-refractivity contribution in [3.63, 3.8) is 0 Å². The summed E-state index contributed by atoms with van der Waals surface area (Å²) in [5.74, 6) is -0.00444. The maximum Gasteiger partial charge on any atom is 0.246 e. The Bertz CT molecular complexity index is 843. The van der Waals surface area contributed by atoms with Crippen molar-refractivity contribution in [3.05, 3.63) is 63.1 Å². The maximum absolute atomic E-state index is 12.5. The molecule has 0 bridgehead atoms. The normalized spacial score (nSPS) is 15.6. The van der Waals surface area contributed by atoms with E-state index < -0.39 is 0 Å². The van der Waals surface area contributed by atoms with Crippen molar-refractivity contribution < 1.29 is 4.79 Å². The number of rotatable bonds is 3. The lowest BCUT2D eigenvalue weighted by Crippen LogP contribution is -2.46. The molecule has 3 nitrogen and oxygen atoms in total. The van der Waals surface area contributed by atoms with Crippen LogP contribution in [0.3, 0.4) is 0 Å². The van der Waals surface area contributed by atoms with E-state index in [2.05, 4.69) is 18.0 Å². The van der Waals surface area contributed by atoms with Gasteiger partial charge in [0.05, 0.1) is 5.02 Å². The van der Waals surface area contributed by atoms with Gasteiger partial charge in [0.25, 0.3) is 0 Å². The van der Waals surface area contributed by atoms with Crippen molar-refractivity contribution in [1.29, 1.82) is 0 Å². The van der Waals surface area contributed by atoms with Gasteiger partial charge < -0.3 is 9.80 Å². The van der Waals surface area contributed by atoms with Gasteiger partial charge in [-0.2, -0.15) is 0 Å². The summed E-state index contributed by atoms with van der Waals surface area (Å²) in [4.78, 5) is 16.5. The number of likely N-dealkylation sites (N-methyl/N-ethyl adjacent to an activating group) is 1. The average Bonchev–Trinajstić information content (AvgIpc) is 2.61. The van der Waals surface area contributed by atoms with Gasteiger partial charge in [0.2, 0.25) is 5.91 Å². The number of amides is 1. The van der Waals surface area contributed by atoms with E-state index in [0.29, 0.717) is 15.1 Å². The fourth-order valence-corrected chi connectivity index (χ4v) is 3.66. The first-order chi connectivity index (χ1) is 12.5. The highest BCUT2D eigenvalue weighted by Crippen LogP contribution is 2.37. The third-order valence-corrected chi connectivity index (χ3v) is 5.25. The molecule has 1 saturated heterocycles. The summed E-state index contributed by atoms with van der Waals surface area (Å²) in [6.45, 7) is 3.24. The fourth-order valence-electron chi connectivity index (χ4n) is 2.88. The van der Waals surface area contributed by atoms with Crippen molar-refractivity contribution in [1.82, 2.24) is 9.80 Å². The molecule has 1 heterocycles. The Morgan fingerprint density at radius 2 is 1.85 bits per heavy atom. The lowest BCUT2D eigenvalue weighted by atomic mass is 9.99. The third-order valence-electron chi connectivity index (χ3n) is 4.40. The molecule has 2 aromatic rings. The second-order valence-electron chi connectivity index (χ2n) is 6.21. The van der Waals surface area contributed by atoms with Gasteiger partial charge in [0.1, 0.15) is 0 Å². The van der Waals surface area contributed by atoms with Gasteiger partial charge in [-0.25, -0.2) is 0 Å². The molecule has 2 aromatic carbocycles. The third kappa shape index (κ3) is 4.41. The minimum atomic E-state index is -0.00444. The van der Waals surface area contributed by atoms with Gasteiger partial charge >= 0.3 is 0 Å². The van der Waals surface area contributed by atoms with E-state index in [9.17, 15) is 4.79 Å². The lowest BCUT2D eigenvalue weighted by Gasteiger charge is -2.31. The van der Waals surface area contributed by atoms with E-state index in [1.165, 1.54) is 0 Å². The summed E-state index contributed by atoms with van der Waals surface area (Å²) in [5.41, 5.74) is 2.29. The number of hydrogen-bond donors (Lipinski definition) is 0. The minimum absolute atomic E-state index is 0.00444. The van der Waals surface area contributed by atoms with Gasteiger partial charge in [0.15, 0.2) is 0 Å². The molecule has 3 rings (SSSR count). The van der Waals surface area contributed by atoms with Gasteiger partial charge in [-0.3, -0.25) is 4.79 Å². The molecule has 135 valence electrons. The topological polar surface area (TPSA) is 23.6 Å². The number of halogens is 3. The van der Waals surface area contributed by atoms with Crippen LogP contribution in [0.15, 0.2) is 36.4 Å². The monoisotopic (exact) mass is 407 g/mol. The molecule has 26 heavy (non-hydrogen) atoms. The predicted molar refractivity (Wildman–Crippen MR) is 109 cm³/mol. The zero-order valence-electron chi connectivity index (χ0n) is 14.3. The summed E-state index contributed by atoms with van der Waals surface area (Å²) in [6.07, 6.45) is 3.37. The lowest BCUT2D eigenvalue weighted by molar-refractivity contribution is -0.127. The van der Waals surface area contributed by atoms with E-state index in [0.717, 1.165) is 42.9 Å². The molecule has 0 spiro atoms. The Labute approximate surface area is 168 Å². The van der Waals surface area contributed by atoms with Crippen molar-refractivity contribution in [2.75, 3.05) is 33.2 Å². The number of benzene rings is 2. The van der Waals surface area contributed by atoms with Crippen LogP contribution in [0.25, 0.3) is 17.2 Å². The highest BCUT2D eigenvalue weighted by Gasteiger charge is 2.17. The molecule has 1 aliphatic rings. The first-order valence-electron chi connectivity index (χ1n) is 8.27. The van der Waals surface area contributed by atoms with Crippen LogP contribution in [0.2, 0.25) is 15.1 Å². The highest BCUT2D eigenvalue weighted by atomic mass is 35.5. The Morgan fingerprint density at radius 3 is 2.54 bits per heavy atom. The standard InChI is InChI=1S/C20H18Cl3N2O/c1-24-9-11-25(12-10-24)19(26)8-5-14-3-2-4-17(22)20(14)16-7-6-15(21)13-18(16)23/h2-3,5-8,13H,9-12H2,1H3/b8-5+. The van der Waals surface area contributed by atoms with Crippen molar-refractivity contribution in [3.8, 4) is 11.1 Å². The van der Waals surface area contributed by atoms with E-state index >= 15 is 0 Å². The quantitative estimate of drug-likeness (QED) is 0.674. The Morgan fingerprint density at radius 1 is 1.12 bits per heavy atom. The highest BCUT2D eigenvalue weighted by molar-refractivity contribution is 6.38. The van der Waals surface area contributed by atoms with Crippen LogP contribution in [-0.4, -0.2) is 48.9 Å². The Balaban J connectivity index is 1.89. The molecule has 0 aliphatic carbocycles. The molecule has 0 N–H and O–H groups in total. The molecule has 1 amide bonds. The van der Waals surface area contributed by atoms with E-state index in [-0.39, 0.29) is 5.91 Å². The van der Waals surface area contributed by atoms with E-state index in [1.54, 1.807) is 30.4 Å². The zero-order chi connectivity index (χ0) is 18.7. The van der Waals surface area contributed by atoms with Crippen LogP contribution in [0, 0.1) is 6.07 Å². The zero-order valence-corrected chi connectivity index (χ0v) is 16.6. The van der Waals surface area contributed by atoms with Crippen LogP contribution >= 0.6 is 34.8 Å². The molecule has 0 aromatic heterocycles. The molecule has 0 unspecified atom stereocenters. The minimum Gasteiger partial charge on any atom is -0.337 e. The first-order valence-corrected chi connectivity index (χ1v) is 9.40.